The van der Waals surface area contributed by atoms with Gasteiger partial charge in [0.25, 0.3) is 0 Å². The Bertz CT molecular complexity index is 831. The van der Waals surface area contributed by atoms with Crippen LogP contribution in [0.25, 0.3) is 10.8 Å². The van der Waals surface area contributed by atoms with Gasteiger partial charge < -0.3 is 4.90 Å². The number of rotatable bonds is 3. The van der Waals surface area contributed by atoms with Gasteiger partial charge >= 0.3 is 0 Å². The van der Waals surface area contributed by atoms with E-state index in [1.54, 1.807) is 35.5 Å². The summed E-state index contributed by atoms with van der Waals surface area (Å²) in [6, 6.07) is 6.85. The number of hydrogen-bond acceptors (Lipinski definition) is 4. The summed E-state index contributed by atoms with van der Waals surface area (Å²) >= 11 is 5.54. The van der Waals surface area contributed by atoms with Crippen molar-refractivity contribution in [3.05, 3.63) is 36.7 Å². The number of fused-ring (bicyclic) bond motifs is 1. The number of sulfonamides is 1. The van der Waals surface area contributed by atoms with Crippen molar-refractivity contribution < 1.29 is 13.2 Å². The predicted octanol–water partition coefficient (Wildman–Crippen LogP) is 1.73. The van der Waals surface area contributed by atoms with E-state index < -0.39 is 10.0 Å². The van der Waals surface area contributed by atoms with E-state index in [9.17, 15) is 13.2 Å². The zero-order chi connectivity index (χ0) is 16.4. The molecule has 0 atom stereocenters. The molecule has 0 bridgehead atoms. The van der Waals surface area contributed by atoms with Crippen molar-refractivity contribution in [1.29, 1.82) is 0 Å². The minimum Gasteiger partial charge on any atom is -0.339 e. The molecule has 2 aromatic rings. The zero-order valence-corrected chi connectivity index (χ0v) is 15.1. The standard InChI is InChI=1S/C15H16ClN3O3S.ClH/c16-10-15(20)18-6-8-19(9-7-18)23(21,22)14-3-1-2-12-11-17-5-4-13(12)14;/h1-5,11H,6-10H2;1H. The molecule has 24 heavy (non-hydrogen) atoms. The zero-order valence-electron chi connectivity index (χ0n) is 12.8. The van der Waals surface area contributed by atoms with Gasteiger partial charge in [-0.25, -0.2) is 8.42 Å². The Morgan fingerprint density at radius 2 is 1.88 bits per heavy atom. The van der Waals surface area contributed by atoms with E-state index in [4.69, 9.17) is 11.6 Å². The van der Waals surface area contributed by atoms with Gasteiger partial charge in [-0.05, 0) is 12.1 Å². The van der Waals surface area contributed by atoms with Crippen LogP contribution in [0.2, 0.25) is 0 Å². The van der Waals surface area contributed by atoms with Crippen LogP contribution < -0.4 is 0 Å². The molecule has 0 aliphatic carbocycles. The highest BCUT2D eigenvalue weighted by molar-refractivity contribution is 7.89. The van der Waals surface area contributed by atoms with Crippen LogP contribution in [-0.2, 0) is 14.8 Å². The molecule has 1 aliphatic rings. The summed E-state index contributed by atoms with van der Waals surface area (Å²) in [7, 11) is -3.61. The Balaban J connectivity index is 0.00000208. The number of amides is 1. The molecule has 130 valence electrons. The Labute approximate surface area is 151 Å². The molecule has 9 heteroatoms. The van der Waals surface area contributed by atoms with Gasteiger partial charge in [-0.1, -0.05) is 12.1 Å². The number of nitrogens with zero attached hydrogens (tertiary/aromatic N) is 3. The molecule has 6 nitrogen and oxygen atoms in total. The molecule has 1 amide bonds. The maximum atomic E-state index is 12.9. The van der Waals surface area contributed by atoms with Crippen molar-refractivity contribution in [2.24, 2.45) is 0 Å². The van der Waals surface area contributed by atoms with Crippen LogP contribution in [0.1, 0.15) is 0 Å². The Hall–Kier alpha value is -1.41. The van der Waals surface area contributed by atoms with Gasteiger partial charge in [-0.2, -0.15) is 4.31 Å². The molecule has 1 aliphatic heterocycles. The summed E-state index contributed by atoms with van der Waals surface area (Å²) in [5.74, 6) is -0.247. The monoisotopic (exact) mass is 389 g/mol. The molecule has 0 N–H and O–H groups in total. The lowest BCUT2D eigenvalue weighted by Gasteiger charge is -2.33. The number of carbonyl (C=O) groups excluding carboxylic acids is 1. The molecule has 2 heterocycles. The first-order valence-corrected chi connectivity index (χ1v) is 9.18. The second kappa shape index (κ2) is 7.65. The minimum absolute atomic E-state index is 0. The average molecular weight is 390 g/mol. The van der Waals surface area contributed by atoms with Crippen molar-refractivity contribution in [2.75, 3.05) is 32.1 Å². The summed E-state index contributed by atoms with van der Waals surface area (Å²) in [6.45, 7) is 1.26. The molecule has 0 radical (unpaired) electrons. The number of piperazine rings is 1. The molecule has 1 fully saturated rings. The minimum atomic E-state index is -3.61. The van der Waals surface area contributed by atoms with Crippen LogP contribution in [0.5, 0.6) is 0 Å². The van der Waals surface area contributed by atoms with Crippen molar-refractivity contribution in [3.63, 3.8) is 0 Å². The number of aromatic nitrogens is 1. The van der Waals surface area contributed by atoms with E-state index in [0.717, 1.165) is 5.39 Å². The van der Waals surface area contributed by atoms with Crippen LogP contribution in [-0.4, -0.2) is 60.6 Å². The van der Waals surface area contributed by atoms with Crippen LogP contribution in [0, 0.1) is 0 Å². The molecule has 1 aromatic carbocycles. The van der Waals surface area contributed by atoms with E-state index in [1.165, 1.54) is 4.31 Å². The van der Waals surface area contributed by atoms with Crippen molar-refractivity contribution in [2.45, 2.75) is 4.90 Å². The first kappa shape index (κ1) is 18.9. The van der Waals surface area contributed by atoms with Crippen LogP contribution in [0.4, 0.5) is 0 Å². The molecule has 3 rings (SSSR count). The molecule has 1 saturated heterocycles. The van der Waals surface area contributed by atoms with Crippen LogP contribution >= 0.6 is 24.0 Å². The number of carbonyl (C=O) groups is 1. The molecule has 0 unspecified atom stereocenters. The fraction of sp³-hybridized carbons (Fsp3) is 0.333. The second-order valence-electron chi connectivity index (χ2n) is 5.27. The molecular weight excluding hydrogens is 373 g/mol. The number of hydrogen-bond donors (Lipinski definition) is 0. The predicted molar refractivity (Wildman–Crippen MR) is 95.0 cm³/mol. The lowest BCUT2D eigenvalue weighted by atomic mass is 10.2. The number of alkyl halides is 1. The fourth-order valence-electron chi connectivity index (χ4n) is 2.72. The molecule has 1 aromatic heterocycles. The van der Waals surface area contributed by atoms with Gasteiger partial charge in [-0.3, -0.25) is 9.78 Å². The van der Waals surface area contributed by atoms with E-state index in [1.807, 2.05) is 6.07 Å². The Kier molecular flexibility index (Phi) is 6.03. The van der Waals surface area contributed by atoms with E-state index in [0.29, 0.717) is 18.5 Å². The highest BCUT2D eigenvalue weighted by atomic mass is 35.5. The lowest BCUT2D eigenvalue weighted by molar-refractivity contribution is -0.129. The Morgan fingerprint density at radius 1 is 1.17 bits per heavy atom. The normalized spacial score (nSPS) is 16.0. The second-order valence-corrected chi connectivity index (χ2v) is 7.45. The largest absolute Gasteiger partial charge is 0.339 e. The summed E-state index contributed by atoms with van der Waals surface area (Å²) in [4.78, 5) is 17.5. The van der Waals surface area contributed by atoms with Crippen molar-refractivity contribution in [3.8, 4) is 0 Å². The third-order valence-electron chi connectivity index (χ3n) is 3.96. The van der Waals surface area contributed by atoms with Gasteiger partial charge in [0.05, 0.1) is 4.90 Å². The quantitative estimate of drug-likeness (QED) is 0.749. The molecular formula is C15H17Cl2N3O3S. The highest BCUT2D eigenvalue weighted by Gasteiger charge is 2.30. The number of benzene rings is 1. The highest BCUT2D eigenvalue weighted by Crippen LogP contribution is 2.25. The third-order valence-corrected chi connectivity index (χ3v) is 6.15. The SMILES string of the molecule is Cl.O=C(CCl)N1CCN(S(=O)(=O)c2cccc3cnccc23)CC1. The summed E-state index contributed by atoms with van der Waals surface area (Å²) < 4.78 is 27.3. The van der Waals surface area contributed by atoms with Gasteiger partial charge in [0.2, 0.25) is 15.9 Å². The average Bonchev–Trinajstić information content (AvgIpc) is 2.60. The molecule has 0 saturated carbocycles. The smallest absolute Gasteiger partial charge is 0.243 e. The summed E-state index contributed by atoms with van der Waals surface area (Å²) in [5.41, 5.74) is 0. The van der Waals surface area contributed by atoms with Crippen molar-refractivity contribution >= 4 is 50.7 Å². The van der Waals surface area contributed by atoms with E-state index >= 15 is 0 Å². The van der Waals surface area contributed by atoms with Crippen LogP contribution in [0.15, 0.2) is 41.6 Å². The summed E-state index contributed by atoms with van der Waals surface area (Å²) in [6.07, 6.45) is 3.23. The van der Waals surface area contributed by atoms with Crippen molar-refractivity contribution in [1.82, 2.24) is 14.2 Å². The van der Waals surface area contributed by atoms with Crippen LogP contribution in [0.3, 0.4) is 0 Å². The maximum Gasteiger partial charge on any atom is 0.243 e. The Morgan fingerprint density at radius 3 is 2.54 bits per heavy atom. The molecule has 0 spiro atoms. The lowest BCUT2D eigenvalue weighted by Crippen LogP contribution is -2.50. The fourth-order valence-corrected chi connectivity index (χ4v) is 4.52. The third kappa shape index (κ3) is 3.49. The summed E-state index contributed by atoms with van der Waals surface area (Å²) in [5, 5.41) is 1.44. The topological polar surface area (TPSA) is 70.6 Å². The number of pyridine rings is 1. The first-order chi connectivity index (χ1) is 11.0. The van der Waals surface area contributed by atoms with E-state index in [2.05, 4.69) is 4.98 Å². The van der Waals surface area contributed by atoms with Gasteiger partial charge in [0.1, 0.15) is 5.88 Å². The first-order valence-electron chi connectivity index (χ1n) is 7.20. The van der Waals surface area contributed by atoms with Gasteiger partial charge in [-0.15, -0.1) is 24.0 Å². The van der Waals surface area contributed by atoms with E-state index in [-0.39, 0.29) is 42.2 Å². The maximum absolute atomic E-state index is 12.9. The van der Waals surface area contributed by atoms with Gasteiger partial charge in [0.15, 0.2) is 0 Å². The van der Waals surface area contributed by atoms with Gasteiger partial charge in [0, 0.05) is 49.3 Å². The number of halogens is 2.